The van der Waals surface area contributed by atoms with Crippen LogP contribution in [0.5, 0.6) is 0 Å². The molecule has 1 aromatic carbocycles. The van der Waals surface area contributed by atoms with Crippen LogP contribution < -0.4 is 0 Å². The van der Waals surface area contributed by atoms with Gasteiger partial charge in [-0.1, -0.05) is 35.0 Å². The van der Waals surface area contributed by atoms with E-state index in [0.717, 1.165) is 28.3 Å². The molecule has 2 aromatic rings. The van der Waals surface area contributed by atoms with Gasteiger partial charge in [0.1, 0.15) is 5.76 Å². The fourth-order valence-electron chi connectivity index (χ4n) is 2.03. The number of aromatic nitrogens is 1. The van der Waals surface area contributed by atoms with Crippen molar-refractivity contribution in [2.75, 3.05) is 12.8 Å². The normalized spacial score (nSPS) is 10.7. The molecule has 0 saturated carbocycles. The molecule has 4 nitrogen and oxygen atoms in total. The van der Waals surface area contributed by atoms with Crippen LogP contribution in [0.4, 0.5) is 0 Å². The summed E-state index contributed by atoms with van der Waals surface area (Å²) in [5, 5.41) is 4.60. The van der Waals surface area contributed by atoms with Gasteiger partial charge < -0.3 is 9.42 Å². The molecule has 0 aliphatic rings. The maximum absolute atomic E-state index is 12.2. The summed E-state index contributed by atoms with van der Waals surface area (Å²) in [7, 11) is 1.79. The van der Waals surface area contributed by atoms with Gasteiger partial charge >= 0.3 is 0 Å². The van der Waals surface area contributed by atoms with E-state index in [2.05, 4.69) is 5.16 Å². The first-order valence-electron chi connectivity index (χ1n) is 6.96. The Morgan fingerprint density at radius 1 is 1.36 bits per heavy atom. The summed E-state index contributed by atoms with van der Waals surface area (Å²) in [6.07, 6.45) is 0. The second-order valence-corrected chi connectivity index (χ2v) is 6.53. The van der Waals surface area contributed by atoms with Gasteiger partial charge in [-0.3, -0.25) is 4.79 Å². The third-order valence-electron chi connectivity index (χ3n) is 3.44. The number of nitrogens with zero attached hydrogens (tertiary/aromatic N) is 2. The van der Waals surface area contributed by atoms with Crippen LogP contribution in [-0.2, 0) is 17.1 Å². The molecule has 118 valence electrons. The highest BCUT2D eigenvalue weighted by molar-refractivity contribution is 7.99. The fraction of sp³-hybridized carbons (Fsp3) is 0.375. The summed E-state index contributed by atoms with van der Waals surface area (Å²) in [6.45, 7) is 4.32. The van der Waals surface area contributed by atoms with Gasteiger partial charge in [0.05, 0.1) is 11.4 Å². The molecule has 1 aromatic heterocycles. The molecular weight excluding hydrogens is 320 g/mol. The van der Waals surface area contributed by atoms with Gasteiger partial charge in [-0.2, -0.15) is 0 Å². The van der Waals surface area contributed by atoms with Crippen molar-refractivity contribution in [3.63, 3.8) is 0 Å². The highest BCUT2D eigenvalue weighted by atomic mass is 35.5. The summed E-state index contributed by atoms with van der Waals surface area (Å²) in [5.74, 6) is 2.05. The third kappa shape index (κ3) is 4.27. The lowest BCUT2D eigenvalue weighted by molar-refractivity contribution is -0.127. The van der Waals surface area contributed by atoms with Crippen molar-refractivity contribution in [3.8, 4) is 0 Å². The molecule has 0 spiro atoms. The molecule has 0 unspecified atom stereocenters. The summed E-state index contributed by atoms with van der Waals surface area (Å²) >= 11 is 7.69. The van der Waals surface area contributed by atoms with E-state index in [1.54, 1.807) is 23.7 Å². The largest absolute Gasteiger partial charge is 0.361 e. The van der Waals surface area contributed by atoms with Crippen LogP contribution in [0.3, 0.4) is 0 Å². The molecule has 6 heteroatoms. The number of halogens is 1. The molecular formula is C16H19ClN2O2S. The molecule has 0 bridgehead atoms. The van der Waals surface area contributed by atoms with E-state index in [4.69, 9.17) is 16.1 Å². The number of aryl methyl sites for hydroxylation is 2. The van der Waals surface area contributed by atoms with Crippen LogP contribution >= 0.6 is 23.4 Å². The second kappa shape index (κ2) is 7.70. The standard InChI is InChI=1S/C16H19ClN2O2S/c1-11-14(12(2)21-18-11)9-22-10-16(20)19(3)8-13-6-4-5-7-15(13)17/h4-7H,8-10H2,1-3H3. The van der Waals surface area contributed by atoms with Gasteiger partial charge in [0.15, 0.2) is 0 Å². The molecule has 2 rings (SSSR count). The van der Waals surface area contributed by atoms with Crippen molar-refractivity contribution in [1.29, 1.82) is 0 Å². The van der Waals surface area contributed by atoms with Crippen molar-refractivity contribution in [2.24, 2.45) is 0 Å². The Kier molecular flexibility index (Phi) is 5.91. The third-order valence-corrected chi connectivity index (χ3v) is 4.76. The maximum atomic E-state index is 12.2. The average Bonchev–Trinajstić information content (AvgIpc) is 2.81. The quantitative estimate of drug-likeness (QED) is 0.803. The second-order valence-electron chi connectivity index (χ2n) is 5.14. The summed E-state index contributed by atoms with van der Waals surface area (Å²) in [5.41, 5.74) is 2.92. The first-order valence-corrected chi connectivity index (χ1v) is 8.49. The van der Waals surface area contributed by atoms with Crippen molar-refractivity contribution in [2.45, 2.75) is 26.1 Å². The monoisotopic (exact) mass is 338 g/mol. The minimum Gasteiger partial charge on any atom is -0.361 e. The smallest absolute Gasteiger partial charge is 0.232 e. The first-order chi connectivity index (χ1) is 10.5. The summed E-state index contributed by atoms with van der Waals surface area (Å²) in [4.78, 5) is 13.9. The number of hydrogen-bond acceptors (Lipinski definition) is 4. The molecule has 1 amide bonds. The number of amides is 1. The number of thioether (sulfide) groups is 1. The zero-order valence-corrected chi connectivity index (χ0v) is 14.5. The van der Waals surface area contributed by atoms with Crippen LogP contribution in [-0.4, -0.2) is 28.8 Å². The Morgan fingerprint density at radius 2 is 2.09 bits per heavy atom. The molecule has 0 radical (unpaired) electrons. The minimum atomic E-state index is 0.0803. The molecule has 0 saturated heterocycles. The molecule has 0 fully saturated rings. The topological polar surface area (TPSA) is 46.3 Å². The van der Waals surface area contributed by atoms with Crippen LogP contribution in [0.25, 0.3) is 0 Å². The van der Waals surface area contributed by atoms with Crippen LogP contribution in [0.1, 0.15) is 22.6 Å². The van der Waals surface area contributed by atoms with E-state index in [1.807, 2.05) is 38.1 Å². The van der Waals surface area contributed by atoms with E-state index in [0.29, 0.717) is 17.3 Å². The van der Waals surface area contributed by atoms with Crippen molar-refractivity contribution in [1.82, 2.24) is 10.1 Å². The minimum absolute atomic E-state index is 0.0803. The number of carbonyl (C=O) groups is 1. The summed E-state index contributed by atoms with van der Waals surface area (Å²) in [6, 6.07) is 7.57. The van der Waals surface area contributed by atoms with Crippen LogP contribution in [0.15, 0.2) is 28.8 Å². The van der Waals surface area contributed by atoms with E-state index < -0.39 is 0 Å². The molecule has 22 heavy (non-hydrogen) atoms. The Balaban J connectivity index is 1.83. The van der Waals surface area contributed by atoms with E-state index in [-0.39, 0.29) is 5.91 Å². The zero-order valence-electron chi connectivity index (χ0n) is 12.9. The number of rotatable bonds is 6. The van der Waals surface area contributed by atoms with Crippen molar-refractivity contribution >= 4 is 29.3 Å². The first kappa shape index (κ1) is 16.9. The van der Waals surface area contributed by atoms with Gasteiger partial charge in [0.2, 0.25) is 5.91 Å². The lowest BCUT2D eigenvalue weighted by Crippen LogP contribution is -2.28. The van der Waals surface area contributed by atoms with Gasteiger partial charge in [-0.05, 0) is 25.5 Å². The molecule has 0 atom stereocenters. The van der Waals surface area contributed by atoms with Crippen LogP contribution in [0, 0.1) is 13.8 Å². The van der Waals surface area contributed by atoms with E-state index in [1.165, 1.54) is 0 Å². The average molecular weight is 339 g/mol. The highest BCUT2D eigenvalue weighted by Crippen LogP contribution is 2.20. The fourth-order valence-corrected chi connectivity index (χ4v) is 3.34. The number of hydrogen-bond donors (Lipinski definition) is 0. The predicted molar refractivity (Wildman–Crippen MR) is 90.1 cm³/mol. The molecule has 0 aliphatic heterocycles. The Morgan fingerprint density at radius 3 is 2.73 bits per heavy atom. The predicted octanol–water partition coefficient (Wildman–Crippen LogP) is 3.84. The lowest BCUT2D eigenvalue weighted by Gasteiger charge is -2.17. The molecule has 1 heterocycles. The van der Waals surface area contributed by atoms with Crippen molar-refractivity contribution < 1.29 is 9.32 Å². The lowest BCUT2D eigenvalue weighted by atomic mass is 10.2. The van der Waals surface area contributed by atoms with E-state index >= 15 is 0 Å². The Bertz CT molecular complexity index is 638. The summed E-state index contributed by atoms with van der Waals surface area (Å²) < 4.78 is 5.12. The van der Waals surface area contributed by atoms with Gasteiger partial charge in [-0.25, -0.2) is 0 Å². The zero-order chi connectivity index (χ0) is 16.1. The van der Waals surface area contributed by atoms with E-state index in [9.17, 15) is 4.79 Å². The number of carbonyl (C=O) groups excluding carboxylic acids is 1. The molecule has 0 aliphatic carbocycles. The highest BCUT2D eigenvalue weighted by Gasteiger charge is 2.13. The number of benzene rings is 1. The Labute approximate surface area is 139 Å². The molecule has 0 N–H and O–H groups in total. The SMILES string of the molecule is Cc1noc(C)c1CSCC(=O)N(C)Cc1ccccc1Cl. The van der Waals surface area contributed by atoms with Crippen LogP contribution in [0.2, 0.25) is 5.02 Å². The van der Waals surface area contributed by atoms with Gasteiger partial charge in [-0.15, -0.1) is 11.8 Å². The Hall–Kier alpha value is -1.46. The van der Waals surface area contributed by atoms with Gasteiger partial charge in [0.25, 0.3) is 0 Å². The van der Waals surface area contributed by atoms with Crippen molar-refractivity contribution in [3.05, 3.63) is 51.9 Å². The van der Waals surface area contributed by atoms with Gasteiger partial charge in [0, 0.05) is 29.9 Å². The maximum Gasteiger partial charge on any atom is 0.232 e.